The van der Waals surface area contributed by atoms with Crippen LogP contribution in [-0.4, -0.2) is 25.6 Å². The van der Waals surface area contributed by atoms with Crippen molar-refractivity contribution in [3.05, 3.63) is 30.3 Å². The topological polar surface area (TPSA) is 23.1 Å². The molecule has 1 aromatic carbocycles. The molecule has 0 bridgehead atoms. The van der Waals surface area contributed by atoms with E-state index in [1.807, 2.05) is 0 Å². The first kappa shape index (κ1) is 26.6. The van der Waals surface area contributed by atoms with Crippen molar-refractivity contribution in [2.75, 3.05) is 25.6 Å². The van der Waals surface area contributed by atoms with Crippen LogP contribution in [-0.2, 0) is 0 Å². The van der Waals surface area contributed by atoms with Crippen LogP contribution in [0, 0.1) is 0 Å². The maximum atomic E-state index is 8.25. The van der Waals surface area contributed by atoms with Crippen LogP contribution in [0.4, 0.5) is 0 Å². The van der Waals surface area contributed by atoms with E-state index in [-0.39, 0.29) is 0 Å². The van der Waals surface area contributed by atoms with Gasteiger partial charge < -0.3 is 5.11 Å². The Morgan fingerprint density at radius 2 is 0.926 bits per heavy atom. The van der Waals surface area contributed by atoms with Crippen LogP contribution < -0.4 is 10.4 Å². The second-order valence-electron chi connectivity index (χ2n) is 7.83. The van der Waals surface area contributed by atoms with Crippen molar-refractivity contribution >= 4 is 12.6 Å². The quantitative estimate of drug-likeness (QED) is 0.218. The standard InChI is InChI=1S/C24H44P.CH3O/c1-4-7-10-16-21-25(22-17-11-8-5-2,23-18-12-9-6-3)24-19-14-13-15-20-24;1-2/h13-15,19-20H,4-12,16-18,21-23H2,1-3H3;1H3/q+1;-1. The highest BCUT2D eigenvalue weighted by atomic mass is 31.2. The zero-order chi connectivity index (χ0) is 20.2. The summed E-state index contributed by atoms with van der Waals surface area (Å²) in [5, 5.41) is 9.99. The first-order valence-electron chi connectivity index (χ1n) is 11.6. The first-order chi connectivity index (χ1) is 13.3. The van der Waals surface area contributed by atoms with Crippen molar-refractivity contribution < 1.29 is 5.11 Å². The Morgan fingerprint density at radius 3 is 1.26 bits per heavy atom. The number of hydrogen-bond acceptors (Lipinski definition) is 1. The van der Waals surface area contributed by atoms with Crippen molar-refractivity contribution in [2.24, 2.45) is 0 Å². The summed E-state index contributed by atoms with van der Waals surface area (Å²) in [6.45, 7) is 6.99. The molecule has 0 heterocycles. The predicted octanol–water partition coefficient (Wildman–Crippen LogP) is 7.05. The van der Waals surface area contributed by atoms with E-state index in [1.165, 1.54) is 95.5 Å². The number of hydrogen-bond donors (Lipinski definition) is 0. The number of rotatable bonds is 16. The van der Waals surface area contributed by atoms with Crippen LogP contribution in [0.15, 0.2) is 30.3 Å². The Balaban J connectivity index is 0.00000326. The summed E-state index contributed by atoms with van der Waals surface area (Å²) in [4.78, 5) is 0. The highest BCUT2D eigenvalue weighted by molar-refractivity contribution is 7.82. The summed E-state index contributed by atoms with van der Waals surface area (Å²) in [7, 11) is -0.219. The average Bonchev–Trinajstić information content (AvgIpc) is 2.73. The van der Waals surface area contributed by atoms with Crippen molar-refractivity contribution in [1.29, 1.82) is 0 Å². The molecule has 2 heteroatoms. The van der Waals surface area contributed by atoms with E-state index in [0.717, 1.165) is 7.11 Å². The third-order valence-corrected chi connectivity index (χ3v) is 10.5. The van der Waals surface area contributed by atoms with Gasteiger partial charge in [0.1, 0.15) is 0 Å². The second kappa shape index (κ2) is 18.9. The van der Waals surface area contributed by atoms with Gasteiger partial charge in [0.25, 0.3) is 0 Å². The minimum Gasteiger partial charge on any atom is -0.857 e. The van der Waals surface area contributed by atoms with Gasteiger partial charge in [0.15, 0.2) is 0 Å². The van der Waals surface area contributed by atoms with Gasteiger partial charge in [0.05, 0.1) is 23.8 Å². The maximum Gasteiger partial charge on any atom is 0.0939 e. The van der Waals surface area contributed by atoms with Gasteiger partial charge in [-0.05, 0) is 50.7 Å². The van der Waals surface area contributed by atoms with Gasteiger partial charge >= 0.3 is 0 Å². The molecular formula is C25H47OP. The molecule has 0 spiro atoms. The third-order valence-electron chi connectivity index (χ3n) is 5.62. The molecule has 0 fully saturated rings. The van der Waals surface area contributed by atoms with E-state index in [9.17, 15) is 0 Å². The van der Waals surface area contributed by atoms with E-state index in [4.69, 9.17) is 5.11 Å². The molecule has 0 radical (unpaired) electrons. The first-order valence-corrected chi connectivity index (χ1v) is 14.0. The Morgan fingerprint density at radius 1 is 0.556 bits per heavy atom. The molecule has 27 heavy (non-hydrogen) atoms. The lowest BCUT2D eigenvalue weighted by molar-refractivity contribution is -0.325. The Kier molecular flexibility index (Phi) is 18.7. The van der Waals surface area contributed by atoms with Crippen LogP contribution in [0.5, 0.6) is 0 Å². The molecule has 1 aromatic rings. The fourth-order valence-corrected chi connectivity index (χ4v) is 8.73. The van der Waals surface area contributed by atoms with Gasteiger partial charge in [-0.25, -0.2) is 0 Å². The summed E-state index contributed by atoms with van der Waals surface area (Å²) >= 11 is 0. The van der Waals surface area contributed by atoms with Crippen molar-refractivity contribution in [3.8, 4) is 0 Å². The van der Waals surface area contributed by atoms with Crippen LogP contribution >= 0.6 is 7.26 Å². The molecular weight excluding hydrogens is 347 g/mol. The van der Waals surface area contributed by atoms with Crippen molar-refractivity contribution in [3.63, 3.8) is 0 Å². The van der Waals surface area contributed by atoms with E-state index < -0.39 is 7.26 Å². The second-order valence-corrected chi connectivity index (χ2v) is 12.0. The van der Waals surface area contributed by atoms with Crippen molar-refractivity contribution in [2.45, 2.75) is 97.8 Å². The molecule has 0 saturated carbocycles. The molecule has 0 unspecified atom stereocenters. The zero-order valence-corrected chi connectivity index (χ0v) is 19.7. The minimum atomic E-state index is -0.969. The zero-order valence-electron chi connectivity index (χ0n) is 18.8. The van der Waals surface area contributed by atoms with Crippen LogP contribution in [0.2, 0.25) is 0 Å². The smallest absolute Gasteiger partial charge is 0.0939 e. The molecule has 0 aliphatic rings. The van der Waals surface area contributed by atoms with Gasteiger partial charge in [-0.15, -0.1) is 0 Å². The molecule has 0 aromatic heterocycles. The summed E-state index contributed by atoms with van der Waals surface area (Å²) in [6, 6.07) is 11.7. The maximum absolute atomic E-state index is 8.25. The van der Waals surface area contributed by atoms with Gasteiger partial charge in [-0.3, -0.25) is 0 Å². The monoisotopic (exact) mass is 394 g/mol. The predicted molar refractivity (Wildman–Crippen MR) is 126 cm³/mol. The lowest BCUT2D eigenvalue weighted by Crippen LogP contribution is -2.21. The highest BCUT2D eigenvalue weighted by Gasteiger charge is 2.38. The fraction of sp³-hybridized carbons (Fsp3) is 0.760. The van der Waals surface area contributed by atoms with Crippen LogP contribution in [0.1, 0.15) is 97.8 Å². The highest BCUT2D eigenvalue weighted by Crippen LogP contribution is 2.59. The van der Waals surface area contributed by atoms with Crippen LogP contribution in [0.25, 0.3) is 0 Å². The van der Waals surface area contributed by atoms with Gasteiger partial charge in [-0.2, -0.15) is 7.11 Å². The van der Waals surface area contributed by atoms with E-state index in [1.54, 1.807) is 5.30 Å². The SMILES string of the molecule is CCCCCC[P+](CCCCCC)(CCCCCC)c1ccccc1.C[O-]. The summed E-state index contributed by atoms with van der Waals surface area (Å²) in [5.74, 6) is 0. The average molecular weight is 395 g/mol. The van der Waals surface area contributed by atoms with E-state index in [2.05, 4.69) is 51.1 Å². The molecule has 158 valence electrons. The third kappa shape index (κ3) is 11.9. The number of unbranched alkanes of at least 4 members (excludes halogenated alkanes) is 9. The molecule has 0 aliphatic carbocycles. The Bertz CT molecular complexity index is 373. The lowest BCUT2D eigenvalue weighted by atomic mass is 10.2. The summed E-state index contributed by atoms with van der Waals surface area (Å²) in [6.07, 6.45) is 21.5. The fourth-order valence-electron chi connectivity index (χ4n) is 3.99. The molecule has 1 nitrogen and oxygen atoms in total. The van der Waals surface area contributed by atoms with Crippen molar-refractivity contribution in [1.82, 2.24) is 0 Å². The normalized spacial score (nSPS) is 11.1. The van der Waals surface area contributed by atoms with Gasteiger partial charge in [0, 0.05) is 7.26 Å². The van der Waals surface area contributed by atoms with Gasteiger partial charge in [0.2, 0.25) is 0 Å². The van der Waals surface area contributed by atoms with E-state index in [0.29, 0.717) is 0 Å². The molecule has 0 aliphatic heterocycles. The summed E-state index contributed by atoms with van der Waals surface area (Å²) < 4.78 is 0. The molecule has 0 saturated heterocycles. The van der Waals surface area contributed by atoms with Crippen LogP contribution in [0.3, 0.4) is 0 Å². The molecule has 0 N–H and O–H groups in total. The van der Waals surface area contributed by atoms with E-state index >= 15 is 0 Å². The Labute approximate surface area is 171 Å². The minimum absolute atomic E-state index is 0.750. The largest absolute Gasteiger partial charge is 0.857 e. The molecule has 1 rings (SSSR count). The number of benzene rings is 1. The molecule has 0 amide bonds. The molecule has 0 atom stereocenters. The summed E-state index contributed by atoms with van der Waals surface area (Å²) in [5.41, 5.74) is 0. The lowest BCUT2D eigenvalue weighted by Gasteiger charge is -2.28. The Hall–Kier alpha value is -0.390. The van der Waals surface area contributed by atoms with Gasteiger partial charge in [-0.1, -0.05) is 77.5 Å².